The van der Waals surface area contributed by atoms with Crippen LogP contribution >= 0.6 is 11.3 Å². The molecule has 0 saturated carbocycles. The monoisotopic (exact) mass is 472 g/mol. The highest BCUT2D eigenvalue weighted by Crippen LogP contribution is 2.34. The van der Waals surface area contributed by atoms with Crippen molar-refractivity contribution in [2.24, 2.45) is 0 Å². The van der Waals surface area contributed by atoms with Gasteiger partial charge in [-0.1, -0.05) is 12.1 Å². The maximum Gasteiger partial charge on any atom is 0.255 e. The van der Waals surface area contributed by atoms with Gasteiger partial charge in [0.2, 0.25) is 0 Å². The lowest BCUT2D eigenvalue weighted by atomic mass is 10.1. The predicted octanol–water partition coefficient (Wildman–Crippen LogP) is 4.47. The molecule has 32 heavy (non-hydrogen) atoms. The summed E-state index contributed by atoms with van der Waals surface area (Å²) in [7, 11) is -0.368. The van der Waals surface area contributed by atoms with Crippen molar-refractivity contribution < 1.29 is 22.7 Å². The SMILES string of the molecule is COc1cc(NC(=O)c2cccc(-c3ccc(S(=O)(=O)N4CCCC4)s3)c2)cc(OC)c1. The number of hydrogen-bond acceptors (Lipinski definition) is 6. The van der Waals surface area contributed by atoms with E-state index in [1.54, 1.807) is 62.8 Å². The first-order valence-corrected chi connectivity index (χ1v) is 12.4. The highest BCUT2D eigenvalue weighted by Gasteiger charge is 2.28. The van der Waals surface area contributed by atoms with Gasteiger partial charge < -0.3 is 14.8 Å². The molecule has 0 aliphatic carbocycles. The van der Waals surface area contributed by atoms with Crippen molar-refractivity contribution in [3.05, 3.63) is 60.2 Å². The fraction of sp³-hybridized carbons (Fsp3) is 0.261. The zero-order valence-electron chi connectivity index (χ0n) is 17.8. The van der Waals surface area contributed by atoms with Crippen LogP contribution in [-0.4, -0.2) is 45.9 Å². The Bertz CT molecular complexity index is 1210. The number of hydrogen-bond donors (Lipinski definition) is 1. The van der Waals surface area contributed by atoms with Crippen molar-refractivity contribution in [3.8, 4) is 21.9 Å². The molecule has 1 saturated heterocycles. The summed E-state index contributed by atoms with van der Waals surface area (Å²) in [5.41, 5.74) is 1.79. The molecule has 1 aliphatic heterocycles. The second kappa shape index (κ2) is 9.32. The lowest BCUT2D eigenvalue weighted by molar-refractivity contribution is 0.102. The van der Waals surface area contributed by atoms with Crippen LogP contribution in [0.2, 0.25) is 0 Å². The number of anilines is 1. The number of rotatable bonds is 7. The van der Waals surface area contributed by atoms with Gasteiger partial charge in [0.05, 0.1) is 14.2 Å². The zero-order valence-corrected chi connectivity index (χ0v) is 19.5. The highest BCUT2D eigenvalue weighted by molar-refractivity contribution is 7.91. The predicted molar refractivity (Wildman–Crippen MR) is 125 cm³/mol. The molecule has 168 valence electrons. The van der Waals surface area contributed by atoms with Crippen molar-refractivity contribution in [3.63, 3.8) is 0 Å². The minimum Gasteiger partial charge on any atom is -0.497 e. The number of nitrogens with one attached hydrogen (secondary N) is 1. The Balaban J connectivity index is 1.55. The molecule has 0 bridgehead atoms. The third kappa shape index (κ3) is 4.64. The van der Waals surface area contributed by atoms with E-state index in [2.05, 4.69) is 5.32 Å². The lowest BCUT2D eigenvalue weighted by Crippen LogP contribution is -2.27. The van der Waals surface area contributed by atoms with Crippen LogP contribution in [0.15, 0.2) is 58.8 Å². The van der Waals surface area contributed by atoms with Crippen molar-refractivity contribution in [2.75, 3.05) is 32.6 Å². The number of thiophene rings is 1. The Hall–Kier alpha value is -2.88. The Kier molecular flexibility index (Phi) is 6.50. The Morgan fingerprint density at radius 3 is 2.31 bits per heavy atom. The molecule has 4 rings (SSSR count). The first kappa shape index (κ1) is 22.3. The number of carbonyl (C=O) groups is 1. The van der Waals surface area contributed by atoms with E-state index in [1.807, 2.05) is 6.07 Å². The number of nitrogens with zero attached hydrogens (tertiary/aromatic N) is 1. The summed E-state index contributed by atoms with van der Waals surface area (Å²) in [4.78, 5) is 13.6. The van der Waals surface area contributed by atoms with Gasteiger partial charge in [-0.25, -0.2) is 8.42 Å². The molecule has 7 nitrogen and oxygen atoms in total. The summed E-state index contributed by atoms with van der Waals surface area (Å²) in [6.07, 6.45) is 1.79. The van der Waals surface area contributed by atoms with Gasteiger partial charge in [-0.3, -0.25) is 4.79 Å². The molecular formula is C23H24N2O5S2. The Morgan fingerprint density at radius 2 is 1.66 bits per heavy atom. The van der Waals surface area contributed by atoms with E-state index in [4.69, 9.17) is 9.47 Å². The number of ether oxygens (including phenoxy) is 2. The molecule has 0 unspecified atom stereocenters. The average Bonchev–Trinajstić information content (AvgIpc) is 3.52. The molecule has 1 N–H and O–H groups in total. The summed E-state index contributed by atoms with van der Waals surface area (Å²) in [5, 5.41) is 2.85. The molecule has 1 aliphatic rings. The minimum atomic E-state index is -3.46. The smallest absolute Gasteiger partial charge is 0.255 e. The van der Waals surface area contributed by atoms with Crippen LogP contribution in [0.5, 0.6) is 11.5 Å². The molecule has 0 radical (unpaired) electrons. The number of benzene rings is 2. The van der Waals surface area contributed by atoms with Gasteiger partial charge in [0, 0.05) is 47.4 Å². The molecule has 2 aromatic carbocycles. The maximum atomic E-state index is 12.8. The third-order valence-corrected chi connectivity index (χ3v) is 8.76. The van der Waals surface area contributed by atoms with E-state index in [0.29, 0.717) is 40.0 Å². The number of methoxy groups -OCH3 is 2. The fourth-order valence-corrected chi connectivity index (χ4v) is 6.54. The molecular weight excluding hydrogens is 448 g/mol. The highest BCUT2D eigenvalue weighted by atomic mass is 32.2. The van der Waals surface area contributed by atoms with Crippen LogP contribution in [0, 0.1) is 0 Å². The molecule has 2 heterocycles. The summed E-state index contributed by atoms with van der Waals surface area (Å²) < 4.78 is 38.0. The third-order valence-electron chi connectivity index (χ3n) is 5.26. The van der Waals surface area contributed by atoms with Crippen molar-refractivity contribution in [2.45, 2.75) is 17.1 Å². The van der Waals surface area contributed by atoms with Gasteiger partial charge in [0.25, 0.3) is 15.9 Å². The fourth-order valence-electron chi connectivity index (χ4n) is 3.57. The van der Waals surface area contributed by atoms with Crippen molar-refractivity contribution in [1.29, 1.82) is 0 Å². The largest absolute Gasteiger partial charge is 0.497 e. The van der Waals surface area contributed by atoms with Gasteiger partial charge in [0.1, 0.15) is 15.7 Å². The summed E-state index contributed by atoms with van der Waals surface area (Å²) in [6.45, 7) is 1.14. The molecule has 1 aromatic heterocycles. The van der Waals surface area contributed by atoms with Crippen LogP contribution < -0.4 is 14.8 Å². The van der Waals surface area contributed by atoms with Crippen LogP contribution in [0.1, 0.15) is 23.2 Å². The van der Waals surface area contributed by atoms with E-state index in [1.165, 1.54) is 15.6 Å². The van der Waals surface area contributed by atoms with E-state index >= 15 is 0 Å². The van der Waals surface area contributed by atoms with Crippen molar-refractivity contribution >= 4 is 33.0 Å². The van der Waals surface area contributed by atoms with E-state index in [-0.39, 0.29) is 5.91 Å². The number of amides is 1. The molecule has 0 atom stereocenters. The summed E-state index contributed by atoms with van der Waals surface area (Å²) in [6, 6.07) is 15.7. The molecule has 9 heteroatoms. The number of carbonyl (C=O) groups excluding carboxylic acids is 1. The second-order valence-electron chi connectivity index (χ2n) is 7.37. The average molecular weight is 473 g/mol. The lowest BCUT2D eigenvalue weighted by Gasteiger charge is -2.13. The van der Waals surface area contributed by atoms with Gasteiger partial charge >= 0.3 is 0 Å². The first-order chi connectivity index (χ1) is 15.4. The quantitative estimate of drug-likeness (QED) is 0.548. The van der Waals surface area contributed by atoms with Crippen LogP contribution in [0.4, 0.5) is 5.69 Å². The zero-order chi connectivity index (χ0) is 22.7. The second-order valence-corrected chi connectivity index (χ2v) is 10.6. The molecule has 3 aromatic rings. The van der Waals surface area contributed by atoms with Gasteiger partial charge in [-0.05, 0) is 42.7 Å². The molecule has 1 amide bonds. The van der Waals surface area contributed by atoms with Gasteiger partial charge in [-0.15, -0.1) is 11.3 Å². The first-order valence-electron chi connectivity index (χ1n) is 10.2. The van der Waals surface area contributed by atoms with E-state index < -0.39 is 10.0 Å². The topological polar surface area (TPSA) is 84.9 Å². The standard InChI is InChI=1S/C23H24N2O5S2/c1-29-19-13-18(14-20(15-19)30-2)24-23(26)17-7-5-6-16(12-17)21-8-9-22(31-21)32(27,28)25-10-3-4-11-25/h5-9,12-15H,3-4,10-11H2,1-2H3,(H,24,26). The summed E-state index contributed by atoms with van der Waals surface area (Å²) >= 11 is 1.22. The maximum absolute atomic E-state index is 12.8. The number of sulfonamides is 1. The van der Waals surface area contributed by atoms with Crippen LogP contribution in [0.3, 0.4) is 0 Å². The van der Waals surface area contributed by atoms with E-state index in [9.17, 15) is 13.2 Å². The Morgan fingerprint density at radius 1 is 0.969 bits per heavy atom. The van der Waals surface area contributed by atoms with E-state index in [0.717, 1.165) is 23.3 Å². The van der Waals surface area contributed by atoms with Crippen LogP contribution in [0.25, 0.3) is 10.4 Å². The van der Waals surface area contributed by atoms with Crippen molar-refractivity contribution in [1.82, 2.24) is 4.31 Å². The minimum absolute atomic E-state index is 0.288. The molecule has 1 fully saturated rings. The molecule has 0 spiro atoms. The normalized spacial score (nSPS) is 14.3. The van der Waals surface area contributed by atoms with Gasteiger partial charge in [0.15, 0.2) is 0 Å². The summed E-state index contributed by atoms with van der Waals surface area (Å²) in [5.74, 6) is 0.848. The van der Waals surface area contributed by atoms with Gasteiger partial charge in [-0.2, -0.15) is 4.31 Å². The Labute approximate surface area is 191 Å². The van der Waals surface area contributed by atoms with Crippen LogP contribution in [-0.2, 0) is 10.0 Å².